The van der Waals surface area contributed by atoms with E-state index in [1.807, 2.05) is 6.07 Å². The first-order chi connectivity index (χ1) is 12.9. The molecule has 0 aromatic carbocycles. The van der Waals surface area contributed by atoms with Crippen LogP contribution in [0.3, 0.4) is 0 Å². The lowest BCUT2D eigenvalue weighted by Gasteiger charge is -2.57. The lowest BCUT2D eigenvalue weighted by molar-refractivity contribution is -0.153. The highest BCUT2D eigenvalue weighted by Gasteiger charge is 2.61. The monoisotopic (exact) mass is 372 g/mol. The van der Waals surface area contributed by atoms with E-state index in [1.165, 1.54) is 6.92 Å². The Morgan fingerprint density at radius 2 is 2.22 bits per heavy atom. The summed E-state index contributed by atoms with van der Waals surface area (Å²) < 4.78 is 16.5. The van der Waals surface area contributed by atoms with Crippen LogP contribution in [0.5, 0.6) is 0 Å². The van der Waals surface area contributed by atoms with Gasteiger partial charge >= 0.3 is 11.9 Å². The first-order valence-corrected chi connectivity index (χ1v) is 9.94. The quantitative estimate of drug-likeness (QED) is 0.723. The van der Waals surface area contributed by atoms with Crippen LogP contribution in [0.15, 0.2) is 34.7 Å². The summed E-state index contributed by atoms with van der Waals surface area (Å²) in [7, 11) is 0. The Morgan fingerprint density at radius 1 is 1.41 bits per heavy atom. The molecule has 2 fully saturated rings. The first kappa shape index (κ1) is 18.3. The Kier molecular flexibility index (Phi) is 4.44. The van der Waals surface area contributed by atoms with Crippen molar-refractivity contribution in [2.24, 2.45) is 22.7 Å². The topological polar surface area (TPSA) is 65.7 Å². The molecule has 0 amide bonds. The molecule has 1 aliphatic heterocycles. The van der Waals surface area contributed by atoms with Gasteiger partial charge in [0.15, 0.2) is 0 Å². The number of furan rings is 1. The van der Waals surface area contributed by atoms with Gasteiger partial charge in [-0.3, -0.25) is 4.79 Å². The van der Waals surface area contributed by atoms with Crippen molar-refractivity contribution >= 4 is 11.9 Å². The van der Waals surface area contributed by atoms with Crippen molar-refractivity contribution in [1.82, 2.24) is 0 Å². The fourth-order valence-electron chi connectivity index (χ4n) is 5.92. The van der Waals surface area contributed by atoms with Gasteiger partial charge in [0.2, 0.25) is 0 Å². The highest BCUT2D eigenvalue weighted by molar-refractivity contribution is 5.92. The number of allylic oxidation sites excluding steroid dienone is 1. The van der Waals surface area contributed by atoms with Crippen molar-refractivity contribution < 1.29 is 23.5 Å². The summed E-state index contributed by atoms with van der Waals surface area (Å²) in [6, 6.07) is 1.87. The molecule has 2 unspecified atom stereocenters. The van der Waals surface area contributed by atoms with Crippen LogP contribution in [-0.2, 0) is 19.1 Å². The summed E-state index contributed by atoms with van der Waals surface area (Å²) >= 11 is 0. The molecule has 5 heteroatoms. The number of carbonyl (C=O) groups excluding carboxylic acids is 2. The zero-order chi connectivity index (χ0) is 19.2. The molecule has 0 radical (unpaired) electrons. The minimum Gasteiger partial charge on any atom is -0.472 e. The molecule has 0 bridgehead atoms. The van der Waals surface area contributed by atoms with E-state index in [0.717, 1.165) is 43.2 Å². The number of carbonyl (C=O) groups is 2. The van der Waals surface area contributed by atoms with E-state index in [-0.39, 0.29) is 28.9 Å². The van der Waals surface area contributed by atoms with Crippen molar-refractivity contribution in [1.29, 1.82) is 0 Å². The molecule has 3 aliphatic rings. The third kappa shape index (κ3) is 2.82. The standard InChI is InChI=1S/C22H28O5/c1-14-7-9-22-13-26-20(24)17(22)5-4-6-19(22)21(14,3)11-18(27-15(2)23)16-8-10-25-12-16/h5,8,10,12,14,18-19H,4,6-7,9,11,13H2,1-3H3/t14-,18?,19?,21+,22-/m0/s1. The number of hydrogen-bond donors (Lipinski definition) is 0. The van der Waals surface area contributed by atoms with E-state index in [2.05, 4.69) is 19.9 Å². The van der Waals surface area contributed by atoms with Crippen LogP contribution >= 0.6 is 0 Å². The highest BCUT2D eigenvalue weighted by Crippen LogP contribution is 2.64. The normalized spacial score (nSPS) is 36.3. The van der Waals surface area contributed by atoms with Gasteiger partial charge < -0.3 is 13.9 Å². The molecule has 1 saturated carbocycles. The lowest BCUT2D eigenvalue weighted by atomic mass is 9.46. The second-order valence-electron chi connectivity index (χ2n) is 8.78. The molecular weight excluding hydrogens is 344 g/mol. The average molecular weight is 372 g/mol. The number of ether oxygens (including phenoxy) is 2. The van der Waals surface area contributed by atoms with Crippen molar-refractivity contribution in [2.75, 3.05) is 6.61 Å². The highest BCUT2D eigenvalue weighted by atomic mass is 16.5. The predicted molar refractivity (Wildman–Crippen MR) is 98.5 cm³/mol. The number of cyclic esters (lactones) is 1. The number of rotatable bonds is 4. The molecule has 1 aromatic heterocycles. The average Bonchev–Trinajstić information content (AvgIpc) is 3.27. The number of hydrogen-bond acceptors (Lipinski definition) is 5. The second-order valence-corrected chi connectivity index (χ2v) is 8.78. The number of esters is 2. The second kappa shape index (κ2) is 6.54. The summed E-state index contributed by atoms with van der Waals surface area (Å²) in [6.45, 7) is 6.55. The van der Waals surface area contributed by atoms with Crippen LogP contribution in [0.4, 0.5) is 0 Å². The molecule has 1 aromatic rings. The zero-order valence-electron chi connectivity index (χ0n) is 16.3. The predicted octanol–water partition coefficient (Wildman–Crippen LogP) is 4.59. The summed E-state index contributed by atoms with van der Waals surface area (Å²) in [4.78, 5) is 24.1. The molecule has 5 atom stereocenters. The van der Waals surface area contributed by atoms with Crippen LogP contribution in [0.25, 0.3) is 0 Å². The summed E-state index contributed by atoms with van der Waals surface area (Å²) in [5.41, 5.74) is 1.55. The molecule has 2 aliphatic carbocycles. The van der Waals surface area contributed by atoms with Gasteiger partial charge in [0.25, 0.3) is 0 Å². The fraction of sp³-hybridized carbons (Fsp3) is 0.636. The maximum Gasteiger partial charge on any atom is 0.334 e. The van der Waals surface area contributed by atoms with Gasteiger partial charge in [0.05, 0.1) is 12.5 Å². The maximum atomic E-state index is 12.3. The van der Waals surface area contributed by atoms with Crippen LogP contribution in [0, 0.1) is 22.7 Å². The Bertz CT molecular complexity index is 764. The Labute approximate surface area is 160 Å². The molecule has 0 N–H and O–H groups in total. The molecule has 4 rings (SSSR count). The van der Waals surface area contributed by atoms with Gasteiger partial charge in [-0.1, -0.05) is 19.9 Å². The van der Waals surface area contributed by atoms with Crippen LogP contribution < -0.4 is 0 Å². The largest absolute Gasteiger partial charge is 0.472 e. The minimum absolute atomic E-state index is 0.0663. The summed E-state index contributed by atoms with van der Waals surface area (Å²) in [5, 5.41) is 0. The summed E-state index contributed by atoms with van der Waals surface area (Å²) in [5.74, 6) is 0.382. The molecule has 27 heavy (non-hydrogen) atoms. The Morgan fingerprint density at radius 3 is 2.93 bits per heavy atom. The first-order valence-electron chi connectivity index (χ1n) is 9.94. The third-order valence-corrected chi connectivity index (χ3v) is 7.48. The van der Waals surface area contributed by atoms with E-state index in [4.69, 9.17) is 13.9 Å². The van der Waals surface area contributed by atoms with Crippen LogP contribution in [0.2, 0.25) is 0 Å². The molecular formula is C22H28O5. The molecule has 1 saturated heterocycles. The maximum absolute atomic E-state index is 12.3. The van der Waals surface area contributed by atoms with Gasteiger partial charge in [-0.15, -0.1) is 0 Å². The molecule has 1 spiro atoms. The molecule has 2 heterocycles. The fourth-order valence-corrected chi connectivity index (χ4v) is 5.92. The van der Waals surface area contributed by atoms with Gasteiger partial charge in [-0.2, -0.15) is 0 Å². The van der Waals surface area contributed by atoms with Crippen LogP contribution in [-0.4, -0.2) is 18.5 Å². The van der Waals surface area contributed by atoms with Gasteiger partial charge in [-0.05, 0) is 55.4 Å². The molecule has 5 nitrogen and oxygen atoms in total. The zero-order valence-corrected chi connectivity index (χ0v) is 16.3. The third-order valence-electron chi connectivity index (χ3n) is 7.48. The van der Waals surface area contributed by atoms with Gasteiger partial charge in [-0.25, -0.2) is 4.79 Å². The van der Waals surface area contributed by atoms with Gasteiger partial charge in [0, 0.05) is 23.5 Å². The van der Waals surface area contributed by atoms with E-state index in [1.54, 1.807) is 12.5 Å². The van der Waals surface area contributed by atoms with E-state index >= 15 is 0 Å². The minimum atomic E-state index is -0.337. The van der Waals surface area contributed by atoms with Crippen LogP contribution in [0.1, 0.15) is 64.5 Å². The molecule has 146 valence electrons. The van der Waals surface area contributed by atoms with Gasteiger partial charge in [0.1, 0.15) is 12.7 Å². The summed E-state index contributed by atoms with van der Waals surface area (Å²) in [6.07, 6.45) is 9.75. The van der Waals surface area contributed by atoms with E-state index in [9.17, 15) is 9.59 Å². The van der Waals surface area contributed by atoms with Crippen molar-refractivity contribution in [3.05, 3.63) is 35.8 Å². The lowest BCUT2D eigenvalue weighted by Crippen LogP contribution is -2.52. The SMILES string of the molecule is CC(=O)OC(C[C@@]1(C)C2CCC=C3C(=O)OC[C@@]32CC[C@@H]1C)c1ccoc1. The smallest absolute Gasteiger partial charge is 0.334 e. The van der Waals surface area contributed by atoms with Crippen molar-refractivity contribution in [2.45, 2.75) is 59.0 Å². The Hall–Kier alpha value is -2.04. The van der Waals surface area contributed by atoms with Crippen molar-refractivity contribution in [3.63, 3.8) is 0 Å². The van der Waals surface area contributed by atoms with E-state index in [0.29, 0.717) is 18.4 Å². The van der Waals surface area contributed by atoms with E-state index < -0.39 is 0 Å². The van der Waals surface area contributed by atoms with Crippen molar-refractivity contribution in [3.8, 4) is 0 Å². The Balaban J connectivity index is 1.70.